The number of hydrogen-bond donors (Lipinski definition) is 1. The molecule has 2 aromatic rings. The molecule has 118 valence electrons. The smallest absolute Gasteiger partial charge is 0.334 e. The highest BCUT2D eigenvalue weighted by molar-refractivity contribution is 7.19. The number of carbonyl (C=O) groups is 1. The summed E-state index contributed by atoms with van der Waals surface area (Å²) >= 11 is 1.84. The van der Waals surface area contributed by atoms with Crippen LogP contribution in [-0.2, 0) is 16.1 Å². The number of methoxy groups -OCH3 is 1. The van der Waals surface area contributed by atoms with Crippen molar-refractivity contribution in [2.45, 2.75) is 25.5 Å². The number of nitrogens with zero attached hydrogens (tertiary/aromatic N) is 1. The fourth-order valence-electron chi connectivity index (χ4n) is 3.08. The van der Waals surface area contributed by atoms with Crippen LogP contribution in [0.4, 0.5) is 0 Å². The van der Waals surface area contributed by atoms with Crippen LogP contribution in [-0.4, -0.2) is 42.3 Å². The fourth-order valence-corrected chi connectivity index (χ4v) is 4.18. The maximum atomic E-state index is 11.4. The Hall–Kier alpha value is -1.43. The molecule has 4 nitrogen and oxygen atoms in total. The van der Waals surface area contributed by atoms with E-state index >= 15 is 0 Å². The topological polar surface area (TPSA) is 49.8 Å². The van der Waals surface area contributed by atoms with Gasteiger partial charge in [0.1, 0.15) is 0 Å². The minimum Gasteiger partial charge on any atom is -0.467 e. The lowest BCUT2D eigenvalue weighted by Crippen LogP contribution is -2.40. The Morgan fingerprint density at radius 3 is 2.82 bits per heavy atom. The van der Waals surface area contributed by atoms with Gasteiger partial charge in [-0.3, -0.25) is 4.90 Å². The Kier molecular flexibility index (Phi) is 4.76. The van der Waals surface area contributed by atoms with Gasteiger partial charge in [-0.05, 0) is 49.4 Å². The molecule has 3 rings (SSSR count). The number of esters is 1. The highest BCUT2D eigenvalue weighted by Crippen LogP contribution is 2.28. The molecule has 1 saturated heterocycles. The Labute approximate surface area is 134 Å². The minimum absolute atomic E-state index is 0.0195. The minimum atomic E-state index is -0.975. The van der Waals surface area contributed by atoms with Crippen molar-refractivity contribution in [1.29, 1.82) is 0 Å². The average Bonchev–Trinajstić information content (AvgIpc) is 2.96. The van der Waals surface area contributed by atoms with E-state index in [0.29, 0.717) is 0 Å². The molecule has 0 amide bonds. The van der Waals surface area contributed by atoms with Gasteiger partial charge < -0.3 is 9.84 Å². The number of benzene rings is 1. The zero-order valence-corrected chi connectivity index (χ0v) is 13.5. The first-order chi connectivity index (χ1) is 10.7. The van der Waals surface area contributed by atoms with Crippen molar-refractivity contribution in [3.63, 3.8) is 0 Å². The van der Waals surface area contributed by atoms with Crippen LogP contribution in [0.15, 0.2) is 30.3 Å². The summed E-state index contributed by atoms with van der Waals surface area (Å²) in [5, 5.41) is 11.2. The van der Waals surface area contributed by atoms with Gasteiger partial charge in [0.25, 0.3) is 0 Å². The number of aliphatic hydroxyl groups excluding tert-OH is 1. The van der Waals surface area contributed by atoms with Crippen LogP contribution in [0.2, 0.25) is 0 Å². The van der Waals surface area contributed by atoms with Crippen LogP contribution in [0.25, 0.3) is 10.1 Å². The summed E-state index contributed by atoms with van der Waals surface area (Å²) in [5.74, 6) is -0.492. The number of piperidine rings is 1. The maximum absolute atomic E-state index is 11.4. The molecule has 0 aliphatic carbocycles. The zero-order chi connectivity index (χ0) is 15.5. The normalized spacial score (nSPS) is 18.5. The molecule has 0 bridgehead atoms. The van der Waals surface area contributed by atoms with Gasteiger partial charge in [-0.25, -0.2) is 4.79 Å². The second-order valence-corrected chi connectivity index (χ2v) is 7.00. The molecular weight excluding hydrogens is 298 g/mol. The van der Waals surface area contributed by atoms with Crippen LogP contribution in [0.1, 0.15) is 17.7 Å². The van der Waals surface area contributed by atoms with Gasteiger partial charge in [0, 0.05) is 16.1 Å². The first-order valence-corrected chi connectivity index (χ1v) is 8.44. The molecule has 0 radical (unpaired) electrons. The predicted octanol–water partition coefficient (Wildman–Crippen LogP) is 2.65. The Morgan fingerprint density at radius 1 is 1.41 bits per heavy atom. The van der Waals surface area contributed by atoms with Crippen molar-refractivity contribution >= 4 is 27.4 Å². The first-order valence-electron chi connectivity index (χ1n) is 7.63. The monoisotopic (exact) mass is 319 g/mol. The first kappa shape index (κ1) is 15.5. The van der Waals surface area contributed by atoms with Gasteiger partial charge in [0.2, 0.25) is 0 Å². The number of ether oxygens (including phenoxy) is 1. The second kappa shape index (κ2) is 6.77. The molecule has 2 heterocycles. The van der Waals surface area contributed by atoms with Gasteiger partial charge in [0.15, 0.2) is 6.10 Å². The summed E-state index contributed by atoms with van der Waals surface area (Å²) in [6.45, 7) is 2.76. The lowest BCUT2D eigenvalue weighted by molar-refractivity contribution is -0.154. The van der Waals surface area contributed by atoms with E-state index in [-0.39, 0.29) is 5.92 Å². The molecule has 1 N–H and O–H groups in total. The van der Waals surface area contributed by atoms with Crippen molar-refractivity contribution in [2.75, 3.05) is 20.2 Å². The van der Waals surface area contributed by atoms with E-state index < -0.39 is 12.1 Å². The molecule has 1 unspecified atom stereocenters. The maximum Gasteiger partial charge on any atom is 0.334 e. The van der Waals surface area contributed by atoms with Gasteiger partial charge in [-0.1, -0.05) is 18.2 Å². The number of carbonyl (C=O) groups excluding carboxylic acids is 1. The lowest BCUT2D eigenvalue weighted by Gasteiger charge is -2.33. The van der Waals surface area contributed by atoms with Crippen molar-refractivity contribution in [3.8, 4) is 0 Å². The molecule has 1 aromatic heterocycles. The van der Waals surface area contributed by atoms with E-state index in [4.69, 9.17) is 0 Å². The molecule has 1 fully saturated rings. The van der Waals surface area contributed by atoms with Crippen LogP contribution < -0.4 is 0 Å². The number of thiophene rings is 1. The van der Waals surface area contributed by atoms with Crippen LogP contribution in [0, 0.1) is 5.92 Å². The Balaban J connectivity index is 1.56. The van der Waals surface area contributed by atoms with Crippen molar-refractivity contribution in [3.05, 3.63) is 35.2 Å². The van der Waals surface area contributed by atoms with E-state index in [1.165, 1.54) is 22.1 Å². The van der Waals surface area contributed by atoms with Gasteiger partial charge in [-0.15, -0.1) is 11.3 Å². The zero-order valence-electron chi connectivity index (χ0n) is 12.7. The Bertz CT molecular complexity index is 613. The van der Waals surface area contributed by atoms with Gasteiger partial charge >= 0.3 is 5.97 Å². The third-order valence-corrected chi connectivity index (χ3v) is 5.48. The van der Waals surface area contributed by atoms with Crippen molar-refractivity contribution in [2.24, 2.45) is 5.92 Å². The summed E-state index contributed by atoms with van der Waals surface area (Å²) < 4.78 is 5.95. The van der Waals surface area contributed by atoms with Crippen molar-refractivity contribution < 1.29 is 14.6 Å². The quantitative estimate of drug-likeness (QED) is 0.880. The van der Waals surface area contributed by atoms with E-state index in [0.717, 1.165) is 32.5 Å². The predicted molar refractivity (Wildman–Crippen MR) is 87.8 cm³/mol. The molecule has 0 saturated carbocycles. The lowest BCUT2D eigenvalue weighted by atomic mass is 9.91. The third-order valence-electron chi connectivity index (χ3n) is 4.38. The fraction of sp³-hybridized carbons (Fsp3) is 0.471. The number of aliphatic hydroxyl groups is 1. The molecule has 1 aromatic carbocycles. The molecule has 22 heavy (non-hydrogen) atoms. The number of hydrogen-bond acceptors (Lipinski definition) is 5. The molecule has 1 aliphatic heterocycles. The third kappa shape index (κ3) is 3.32. The van der Waals surface area contributed by atoms with Crippen LogP contribution in [0.5, 0.6) is 0 Å². The van der Waals surface area contributed by atoms with Gasteiger partial charge in [0.05, 0.1) is 7.11 Å². The Morgan fingerprint density at radius 2 is 2.14 bits per heavy atom. The van der Waals surface area contributed by atoms with E-state index in [2.05, 4.69) is 40.0 Å². The highest BCUT2D eigenvalue weighted by Gasteiger charge is 2.30. The molecule has 1 atom stereocenters. The van der Waals surface area contributed by atoms with Crippen LogP contribution >= 0.6 is 11.3 Å². The van der Waals surface area contributed by atoms with Gasteiger partial charge in [-0.2, -0.15) is 0 Å². The van der Waals surface area contributed by atoms with Crippen LogP contribution in [0.3, 0.4) is 0 Å². The van der Waals surface area contributed by atoms with E-state index in [1.54, 1.807) is 0 Å². The number of fused-ring (bicyclic) bond motifs is 1. The molecule has 5 heteroatoms. The largest absolute Gasteiger partial charge is 0.467 e. The van der Waals surface area contributed by atoms with Crippen molar-refractivity contribution in [1.82, 2.24) is 4.90 Å². The molecular formula is C17H21NO3S. The summed E-state index contributed by atoms with van der Waals surface area (Å²) in [7, 11) is 1.32. The summed E-state index contributed by atoms with van der Waals surface area (Å²) in [5.41, 5.74) is 0. The molecule has 0 spiro atoms. The molecule has 1 aliphatic rings. The number of likely N-dealkylation sites (tertiary alicyclic amines) is 1. The number of rotatable bonds is 4. The van der Waals surface area contributed by atoms with E-state index in [9.17, 15) is 9.90 Å². The summed E-state index contributed by atoms with van der Waals surface area (Å²) in [6.07, 6.45) is 0.693. The van der Waals surface area contributed by atoms with E-state index in [1.807, 2.05) is 11.3 Å². The highest BCUT2D eigenvalue weighted by atomic mass is 32.1. The second-order valence-electron chi connectivity index (χ2n) is 5.83. The summed E-state index contributed by atoms with van der Waals surface area (Å²) in [4.78, 5) is 15.2. The SMILES string of the molecule is COC(=O)C(O)C1CCN(Cc2cc3ccccc3s2)CC1. The average molecular weight is 319 g/mol. The standard InChI is InChI=1S/C17H21NO3S/c1-21-17(20)16(19)12-6-8-18(9-7-12)11-14-10-13-4-2-3-5-15(13)22-14/h2-5,10,12,16,19H,6-9,11H2,1H3. The summed E-state index contributed by atoms with van der Waals surface area (Å²) in [6, 6.07) is 10.7.